The third kappa shape index (κ3) is 4.28. The molecule has 0 unspecified atom stereocenters. The number of aryl methyl sites for hydroxylation is 1. The SMILES string of the molecule is Cn1cnc(S(=O)(=O)N2C[C@H](NCc3cccc(F)c3)[C@@H](c3ccc(F)cc3)C2)c1. The van der Waals surface area contributed by atoms with Crippen LogP contribution in [0.25, 0.3) is 0 Å². The van der Waals surface area contributed by atoms with Gasteiger partial charge in [0.25, 0.3) is 10.0 Å². The van der Waals surface area contributed by atoms with Gasteiger partial charge in [0.1, 0.15) is 11.6 Å². The highest BCUT2D eigenvalue weighted by Gasteiger charge is 2.40. The van der Waals surface area contributed by atoms with Crippen LogP contribution in [0.1, 0.15) is 17.0 Å². The standard InChI is InChI=1S/C21H22F2N4O2S/c1-26-13-21(25-14-26)30(28,29)27-11-19(16-5-7-17(22)8-6-16)20(12-27)24-10-15-3-2-4-18(23)9-15/h2-9,13-14,19-20,24H,10-12H2,1H3/t19-,20+/m1/s1. The largest absolute Gasteiger partial charge is 0.339 e. The molecule has 0 bridgehead atoms. The van der Waals surface area contributed by atoms with E-state index in [0.29, 0.717) is 6.54 Å². The maximum absolute atomic E-state index is 13.5. The molecule has 1 N–H and O–H groups in total. The van der Waals surface area contributed by atoms with Crippen LogP contribution in [0.4, 0.5) is 8.78 Å². The lowest BCUT2D eigenvalue weighted by molar-refractivity contribution is 0.453. The number of imidazole rings is 1. The van der Waals surface area contributed by atoms with Crippen molar-refractivity contribution < 1.29 is 17.2 Å². The molecule has 0 aliphatic carbocycles. The van der Waals surface area contributed by atoms with Gasteiger partial charge in [-0.15, -0.1) is 0 Å². The fraction of sp³-hybridized carbons (Fsp3) is 0.286. The summed E-state index contributed by atoms with van der Waals surface area (Å²) in [7, 11) is -2.05. The molecule has 0 saturated carbocycles. The summed E-state index contributed by atoms with van der Waals surface area (Å²) >= 11 is 0. The first-order valence-corrected chi connectivity index (χ1v) is 11.0. The van der Waals surface area contributed by atoms with Crippen LogP contribution in [0.15, 0.2) is 66.1 Å². The first-order valence-electron chi connectivity index (χ1n) is 9.54. The van der Waals surface area contributed by atoms with E-state index in [0.717, 1.165) is 11.1 Å². The van der Waals surface area contributed by atoms with Crippen molar-refractivity contribution in [2.45, 2.75) is 23.5 Å². The molecular weight excluding hydrogens is 410 g/mol. The molecule has 4 rings (SSSR count). The number of hydrogen-bond acceptors (Lipinski definition) is 4. The molecule has 2 heterocycles. The lowest BCUT2D eigenvalue weighted by atomic mass is 9.94. The van der Waals surface area contributed by atoms with Gasteiger partial charge in [0.15, 0.2) is 5.03 Å². The number of halogens is 2. The summed E-state index contributed by atoms with van der Waals surface area (Å²) in [5.74, 6) is -0.855. The number of sulfonamides is 1. The topological polar surface area (TPSA) is 67.2 Å². The van der Waals surface area contributed by atoms with E-state index < -0.39 is 10.0 Å². The minimum atomic E-state index is -3.76. The van der Waals surface area contributed by atoms with E-state index in [4.69, 9.17) is 0 Å². The van der Waals surface area contributed by atoms with Gasteiger partial charge in [-0.2, -0.15) is 4.31 Å². The van der Waals surface area contributed by atoms with Crippen molar-refractivity contribution in [1.29, 1.82) is 0 Å². The quantitative estimate of drug-likeness (QED) is 0.650. The molecule has 1 aromatic heterocycles. The Labute approximate surface area is 174 Å². The number of nitrogens with zero attached hydrogens (tertiary/aromatic N) is 3. The van der Waals surface area contributed by atoms with Gasteiger partial charge < -0.3 is 9.88 Å². The zero-order valence-corrected chi connectivity index (χ0v) is 17.2. The zero-order chi connectivity index (χ0) is 21.3. The van der Waals surface area contributed by atoms with E-state index >= 15 is 0 Å². The second kappa shape index (κ2) is 8.25. The van der Waals surface area contributed by atoms with Crippen molar-refractivity contribution in [1.82, 2.24) is 19.2 Å². The summed E-state index contributed by atoms with van der Waals surface area (Å²) in [6.45, 7) is 0.860. The summed E-state index contributed by atoms with van der Waals surface area (Å²) in [6.07, 6.45) is 2.91. The third-order valence-corrected chi connectivity index (χ3v) is 7.04. The van der Waals surface area contributed by atoms with Gasteiger partial charge in [-0.3, -0.25) is 0 Å². The van der Waals surface area contributed by atoms with E-state index in [1.807, 2.05) is 0 Å². The van der Waals surface area contributed by atoms with Crippen molar-refractivity contribution in [3.63, 3.8) is 0 Å². The Balaban J connectivity index is 1.59. The fourth-order valence-electron chi connectivity index (χ4n) is 3.77. The van der Waals surface area contributed by atoms with Crippen LogP contribution in [0, 0.1) is 11.6 Å². The van der Waals surface area contributed by atoms with Gasteiger partial charge in [0.2, 0.25) is 0 Å². The first-order chi connectivity index (χ1) is 14.3. The molecule has 1 saturated heterocycles. The maximum Gasteiger partial charge on any atom is 0.262 e. The van der Waals surface area contributed by atoms with E-state index in [9.17, 15) is 17.2 Å². The van der Waals surface area contributed by atoms with Crippen molar-refractivity contribution >= 4 is 10.0 Å². The highest BCUT2D eigenvalue weighted by atomic mass is 32.2. The van der Waals surface area contributed by atoms with Crippen LogP contribution in [-0.4, -0.2) is 41.4 Å². The van der Waals surface area contributed by atoms with Gasteiger partial charge in [0, 0.05) is 44.8 Å². The minimum Gasteiger partial charge on any atom is -0.339 e. The van der Waals surface area contributed by atoms with Crippen molar-refractivity contribution in [3.05, 3.63) is 83.8 Å². The molecule has 0 spiro atoms. The molecule has 1 aliphatic heterocycles. The van der Waals surface area contributed by atoms with E-state index in [-0.39, 0.29) is 41.7 Å². The van der Waals surface area contributed by atoms with Crippen LogP contribution >= 0.6 is 0 Å². The Morgan fingerprint density at radius 3 is 2.53 bits per heavy atom. The lowest BCUT2D eigenvalue weighted by Crippen LogP contribution is -2.36. The van der Waals surface area contributed by atoms with Gasteiger partial charge >= 0.3 is 0 Å². The Kier molecular flexibility index (Phi) is 5.68. The number of benzene rings is 2. The number of hydrogen-bond donors (Lipinski definition) is 1. The van der Waals surface area contributed by atoms with Crippen LogP contribution in [-0.2, 0) is 23.6 Å². The van der Waals surface area contributed by atoms with Crippen LogP contribution in [0.5, 0.6) is 0 Å². The summed E-state index contributed by atoms with van der Waals surface area (Å²) in [5, 5.41) is 3.35. The molecule has 6 nitrogen and oxygen atoms in total. The zero-order valence-electron chi connectivity index (χ0n) is 16.4. The molecule has 158 valence electrons. The summed E-state index contributed by atoms with van der Waals surface area (Å²) in [4.78, 5) is 3.99. The van der Waals surface area contributed by atoms with Crippen LogP contribution in [0.2, 0.25) is 0 Å². The van der Waals surface area contributed by atoms with Gasteiger partial charge in [-0.1, -0.05) is 24.3 Å². The Bertz CT molecular complexity index is 1130. The Hall–Kier alpha value is -2.62. The third-order valence-electron chi connectivity index (χ3n) is 5.33. The molecule has 1 aliphatic rings. The molecule has 3 aromatic rings. The van der Waals surface area contributed by atoms with Crippen molar-refractivity contribution in [2.75, 3.05) is 13.1 Å². The highest BCUT2D eigenvalue weighted by molar-refractivity contribution is 7.89. The number of aromatic nitrogens is 2. The Morgan fingerprint density at radius 1 is 1.10 bits per heavy atom. The summed E-state index contributed by atoms with van der Waals surface area (Å²) < 4.78 is 56.0. The Morgan fingerprint density at radius 2 is 1.87 bits per heavy atom. The van der Waals surface area contributed by atoms with Crippen molar-refractivity contribution in [2.24, 2.45) is 7.05 Å². The maximum atomic E-state index is 13.5. The van der Waals surface area contributed by atoms with E-state index in [1.54, 1.807) is 35.9 Å². The minimum absolute atomic E-state index is 0.00589. The second-order valence-electron chi connectivity index (χ2n) is 7.47. The molecule has 0 amide bonds. The molecule has 30 heavy (non-hydrogen) atoms. The molecule has 1 fully saturated rings. The van der Waals surface area contributed by atoms with Crippen LogP contribution in [0.3, 0.4) is 0 Å². The highest BCUT2D eigenvalue weighted by Crippen LogP contribution is 2.31. The van der Waals surface area contributed by atoms with Gasteiger partial charge in [0.05, 0.1) is 6.33 Å². The van der Waals surface area contributed by atoms with Crippen molar-refractivity contribution in [3.8, 4) is 0 Å². The predicted octanol–water partition coefficient (Wildman–Crippen LogP) is 2.64. The fourth-order valence-corrected chi connectivity index (χ4v) is 5.23. The normalized spacial score (nSPS) is 20.0. The molecule has 0 radical (unpaired) electrons. The van der Waals surface area contributed by atoms with Gasteiger partial charge in [-0.25, -0.2) is 22.2 Å². The number of rotatable bonds is 6. The molecule has 2 atom stereocenters. The molecule has 9 heteroatoms. The average Bonchev–Trinajstić information content (AvgIpc) is 3.34. The monoisotopic (exact) mass is 432 g/mol. The van der Waals surface area contributed by atoms with E-state index in [1.165, 1.54) is 41.1 Å². The molecule has 2 aromatic carbocycles. The van der Waals surface area contributed by atoms with Gasteiger partial charge in [-0.05, 0) is 35.4 Å². The average molecular weight is 432 g/mol. The lowest BCUT2D eigenvalue weighted by Gasteiger charge is -2.20. The summed E-state index contributed by atoms with van der Waals surface area (Å²) in [5.41, 5.74) is 1.60. The van der Waals surface area contributed by atoms with Crippen LogP contribution < -0.4 is 5.32 Å². The second-order valence-corrected chi connectivity index (χ2v) is 9.36. The first kappa shape index (κ1) is 20.6. The summed E-state index contributed by atoms with van der Waals surface area (Å²) in [6, 6.07) is 12.1. The molecular formula is C21H22F2N4O2S. The van der Waals surface area contributed by atoms with E-state index in [2.05, 4.69) is 10.3 Å². The predicted molar refractivity (Wildman–Crippen MR) is 108 cm³/mol. The smallest absolute Gasteiger partial charge is 0.262 e. The number of nitrogens with one attached hydrogen (secondary N) is 1.